The number of aryl methyl sites for hydroxylation is 2. The van der Waals surface area contributed by atoms with Crippen LogP contribution in [0.2, 0.25) is 0 Å². The van der Waals surface area contributed by atoms with E-state index in [1.54, 1.807) is 16.2 Å². The number of rotatable bonds is 4. The third kappa shape index (κ3) is 2.62. The monoisotopic (exact) mass is 344 g/mol. The van der Waals surface area contributed by atoms with E-state index in [4.69, 9.17) is 9.05 Å². The summed E-state index contributed by atoms with van der Waals surface area (Å²) in [5.41, 5.74) is 1.65. The van der Waals surface area contributed by atoms with E-state index in [0.717, 1.165) is 16.1 Å². The second-order valence-electron chi connectivity index (χ2n) is 5.91. The van der Waals surface area contributed by atoms with Crippen LogP contribution in [0.5, 0.6) is 0 Å². The summed E-state index contributed by atoms with van der Waals surface area (Å²) in [6, 6.07) is 3.91. The number of aromatic nitrogens is 3. The van der Waals surface area contributed by atoms with Crippen molar-refractivity contribution >= 4 is 17.2 Å². The van der Waals surface area contributed by atoms with Crippen molar-refractivity contribution in [2.24, 2.45) is 0 Å². The van der Waals surface area contributed by atoms with Gasteiger partial charge in [0.05, 0.1) is 22.9 Å². The number of hydrogen-bond donors (Lipinski definition) is 0. The van der Waals surface area contributed by atoms with Gasteiger partial charge in [0.1, 0.15) is 5.76 Å². The predicted molar refractivity (Wildman–Crippen MR) is 86.6 cm³/mol. The molecule has 3 aromatic rings. The van der Waals surface area contributed by atoms with Gasteiger partial charge in [-0.3, -0.25) is 4.79 Å². The lowest BCUT2D eigenvalue weighted by atomic mass is 9.98. The molecule has 1 amide bonds. The first kappa shape index (κ1) is 15.1. The molecular formula is C16H16N4O3S. The maximum absolute atomic E-state index is 12.4. The van der Waals surface area contributed by atoms with E-state index in [-0.39, 0.29) is 11.8 Å². The lowest BCUT2D eigenvalue weighted by Crippen LogP contribution is -2.49. The van der Waals surface area contributed by atoms with Crippen molar-refractivity contribution in [1.82, 2.24) is 20.2 Å². The van der Waals surface area contributed by atoms with Crippen molar-refractivity contribution in [3.8, 4) is 10.7 Å². The van der Waals surface area contributed by atoms with Crippen molar-refractivity contribution in [3.05, 3.63) is 40.4 Å². The van der Waals surface area contributed by atoms with Crippen molar-refractivity contribution in [2.75, 3.05) is 13.1 Å². The maximum atomic E-state index is 12.4. The lowest BCUT2D eigenvalue weighted by Gasteiger charge is -2.37. The summed E-state index contributed by atoms with van der Waals surface area (Å²) in [5.74, 6) is 2.09. The summed E-state index contributed by atoms with van der Waals surface area (Å²) in [4.78, 5) is 19.6. The molecule has 0 saturated carbocycles. The number of carbonyl (C=O) groups excluding carboxylic acids is 1. The molecule has 3 aromatic heterocycles. The molecule has 0 atom stereocenters. The molecule has 1 fully saturated rings. The van der Waals surface area contributed by atoms with Crippen molar-refractivity contribution in [3.63, 3.8) is 0 Å². The van der Waals surface area contributed by atoms with Gasteiger partial charge in [0, 0.05) is 18.7 Å². The standard InChI is InChI=1S/C16H16N4O3S/c1-9-12(10(2)22-18-9)6-14(21)20-7-11(8-20)16-17-15(19-23-16)13-4-3-5-24-13/h3-5,11H,6-8H2,1-2H3. The van der Waals surface area contributed by atoms with Gasteiger partial charge in [0.15, 0.2) is 0 Å². The van der Waals surface area contributed by atoms with Gasteiger partial charge in [0.2, 0.25) is 17.6 Å². The van der Waals surface area contributed by atoms with Gasteiger partial charge < -0.3 is 13.9 Å². The number of carbonyl (C=O) groups is 1. The summed E-state index contributed by atoms with van der Waals surface area (Å²) < 4.78 is 10.5. The van der Waals surface area contributed by atoms with Crippen molar-refractivity contribution in [1.29, 1.82) is 0 Å². The summed E-state index contributed by atoms with van der Waals surface area (Å²) >= 11 is 1.57. The topological polar surface area (TPSA) is 85.3 Å². The van der Waals surface area contributed by atoms with Crippen LogP contribution in [0, 0.1) is 13.8 Å². The van der Waals surface area contributed by atoms with Crippen LogP contribution in [0.4, 0.5) is 0 Å². The Balaban J connectivity index is 1.37. The van der Waals surface area contributed by atoms with E-state index >= 15 is 0 Å². The number of hydrogen-bond acceptors (Lipinski definition) is 7. The molecule has 0 spiro atoms. The molecule has 1 aliphatic heterocycles. The SMILES string of the molecule is Cc1noc(C)c1CC(=O)N1CC(c2nc(-c3cccs3)no2)C1. The smallest absolute Gasteiger partial charge is 0.233 e. The van der Waals surface area contributed by atoms with Gasteiger partial charge in [-0.25, -0.2) is 0 Å². The van der Waals surface area contributed by atoms with Gasteiger partial charge in [-0.2, -0.15) is 4.98 Å². The van der Waals surface area contributed by atoms with Crippen LogP contribution in [-0.2, 0) is 11.2 Å². The summed E-state index contributed by atoms with van der Waals surface area (Å²) in [7, 11) is 0. The van der Waals surface area contributed by atoms with Gasteiger partial charge >= 0.3 is 0 Å². The Hall–Kier alpha value is -2.48. The Labute approximate surface area is 142 Å². The first-order valence-corrected chi connectivity index (χ1v) is 8.57. The summed E-state index contributed by atoms with van der Waals surface area (Å²) in [6.07, 6.45) is 0.318. The average molecular weight is 344 g/mol. The van der Waals surface area contributed by atoms with Crippen LogP contribution >= 0.6 is 11.3 Å². The predicted octanol–water partition coefficient (Wildman–Crippen LogP) is 2.57. The van der Waals surface area contributed by atoms with Gasteiger partial charge in [-0.1, -0.05) is 16.4 Å². The second-order valence-corrected chi connectivity index (χ2v) is 6.86. The van der Waals surface area contributed by atoms with Gasteiger partial charge in [0.25, 0.3) is 0 Å². The van der Waals surface area contributed by atoms with Crippen LogP contribution in [0.25, 0.3) is 10.7 Å². The van der Waals surface area contributed by atoms with E-state index in [2.05, 4.69) is 15.3 Å². The molecule has 7 nitrogen and oxygen atoms in total. The maximum Gasteiger partial charge on any atom is 0.233 e. The van der Waals surface area contributed by atoms with E-state index < -0.39 is 0 Å². The molecule has 124 valence electrons. The zero-order chi connectivity index (χ0) is 16.7. The summed E-state index contributed by atoms with van der Waals surface area (Å²) in [5, 5.41) is 9.88. The number of amides is 1. The van der Waals surface area contributed by atoms with Gasteiger partial charge in [-0.05, 0) is 25.3 Å². The van der Waals surface area contributed by atoms with Crippen LogP contribution < -0.4 is 0 Å². The first-order chi connectivity index (χ1) is 11.6. The van der Waals surface area contributed by atoms with Crippen LogP contribution in [0.1, 0.15) is 28.8 Å². The van der Waals surface area contributed by atoms with Crippen LogP contribution in [0.3, 0.4) is 0 Å². The Morgan fingerprint density at radius 1 is 1.33 bits per heavy atom. The third-order valence-electron chi connectivity index (χ3n) is 4.28. The minimum atomic E-state index is 0.0682. The molecule has 1 saturated heterocycles. The molecule has 0 aliphatic carbocycles. The van der Waals surface area contributed by atoms with Crippen molar-refractivity contribution in [2.45, 2.75) is 26.2 Å². The fourth-order valence-electron chi connectivity index (χ4n) is 2.76. The molecule has 1 aliphatic rings. The molecule has 0 aromatic carbocycles. The van der Waals surface area contributed by atoms with E-state index in [1.165, 1.54) is 0 Å². The van der Waals surface area contributed by atoms with E-state index in [0.29, 0.717) is 37.0 Å². The largest absolute Gasteiger partial charge is 0.361 e. The first-order valence-electron chi connectivity index (χ1n) is 7.69. The molecule has 4 rings (SSSR count). The minimum Gasteiger partial charge on any atom is -0.361 e. The zero-order valence-electron chi connectivity index (χ0n) is 13.4. The number of nitrogens with zero attached hydrogens (tertiary/aromatic N) is 4. The molecule has 4 heterocycles. The highest BCUT2D eigenvalue weighted by Gasteiger charge is 2.36. The molecule has 0 unspecified atom stereocenters. The zero-order valence-corrected chi connectivity index (χ0v) is 14.2. The van der Waals surface area contributed by atoms with Gasteiger partial charge in [-0.15, -0.1) is 11.3 Å². The highest BCUT2D eigenvalue weighted by molar-refractivity contribution is 7.13. The number of likely N-dealkylation sites (tertiary alicyclic amines) is 1. The minimum absolute atomic E-state index is 0.0682. The van der Waals surface area contributed by atoms with Crippen LogP contribution in [0.15, 0.2) is 26.6 Å². The normalized spacial score (nSPS) is 14.8. The molecular weight excluding hydrogens is 328 g/mol. The Morgan fingerprint density at radius 3 is 2.83 bits per heavy atom. The van der Waals surface area contributed by atoms with E-state index in [9.17, 15) is 4.79 Å². The highest BCUT2D eigenvalue weighted by atomic mass is 32.1. The average Bonchev–Trinajstić information content (AvgIpc) is 3.23. The fraction of sp³-hybridized carbons (Fsp3) is 0.375. The molecule has 0 radical (unpaired) electrons. The van der Waals surface area contributed by atoms with E-state index in [1.807, 2.05) is 31.4 Å². The fourth-order valence-corrected chi connectivity index (χ4v) is 3.41. The van der Waals surface area contributed by atoms with Crippen molar-refractivity contribution < 1.29 is 13.8 Å². The Kier molecular flexibility index (Phi) is 3.68. The molecule has 0 bridgehead atoms. The Morgan fingerprint density at radius 2 is 2.17 bits per heavy atom. The second kappa shape index (κ2) is 5.86. The molecule has 24 heavy (non-hydrogen) atoms. The Bertz CT molecular complexity index is 842. The van der Waals surface area contributed by atoms with Crippen LogP contribution in [-0.4, -0.2) is 39.2 Å². The molecule has 0 N–H and O–H groups in total. The third-order valence-corrected chi connectivity index (χ3v) is 5.14. The highest BCUT2D eigenvalue weighted by Crippen LogP contribution is 2.29. The summed E-state index contributed by atoms with van der Waals surface area (Å²) in [6.45, 7) is 4.89. The number of thiophene rings is 1. The molecule has 8 heteroatoms. The lowest BCUT2D eigenvalue weighted by molar-refractivity contribution is -0.135. The quantitative estimate of drug-likeness (QED) is 0.723.